The van der Waals surface area contributed by atoms with Gasteiger partial charge < -0.3 is 5.32 Å². The normalized spacial score (nSPS) is 14.9. The quantitative estimate of drug-likeness (QED) is 0.691. The second kappa shape index (κ2) is 6.00. The van der Waals surface area contributed by atoms with Gasteiger partial charge in [-0.05, 0) is 45.7 Å². The molecule has 122 valence electrons. The molecule has 5 nitrogen and oxygen atoms in total. The molecule has 1 fully saturated rings. The maximum Gasteiger partial charge on any atom is 0.262 e. The molecule has 0 spiro atoms. The third kappa shape index (κ3) is 3.75. The van der Waals surface area contributed by atoms with Crippen molar-refractivity contribution in [2.75, 3.05) is 5.75 Å². The zero-order valence-corrected chi connectivity index (χ0v) is 14.4. The fourth-order valence-electron chi connectivity index (χ4n) is 2.47. The molecule has 0 atom stereocenters. The van der Waals surface area contributed by atoms with Gasteiger partial charge in [-0.15, -0.1) is 0 Å². The van der Waals surface area contributed by atoms with Crippen molar-refractivity contribution in [2.24, 2.45) is 0 Å². The van der Waals surface area contributed by atoms with E-state index in [-0.39, 0.29) is 28.8 Å². The number of nitrogens with one attached hydrogen (secondary N) is 1. The Hall–Kier alpha value is -1.82. The van der Waals surface area contributed by atoms with Gasteiger partial charge in [-0.2, -0.15) is 0 Å². The molecular formula is C17H21N3O2S. The molecule has 1 aliphatic carbocycles. The van der Waals surface area contributed by atoms with E-state index in [0.717, 1.165) is 12.8 Å². The molecule has 1 aliphatic rings. The topological polar surface area (TPSA) is 64.0 Å². The number of benzene rings is 1. The third-order valence-corrected chi connectivity index (χ3v) is 4.49. The van der Waals surface area contributed by atoms with Crippen LogP contribution in [-0.4, -0.2) is 26.8 Å². The van der Waals surface area contributed by atoms with E-state index in [1.165, 1.54) is 11.8 Å². The van der Waals surface area contributed by atoms with Crippen molar-refractivity contribution in [1.82, 2.24) is 14.9 Å². The van der Waals surface area contributed by atoms with Crippen LogP contribution >= 0.6 is 11.8 Å². The Bertz CT molecular complexity index is 804. The fourth-order valence-corrected chi connectivity index (χ4v) is 3.33. The summed E-state index contributed by atoms with van der Waals surface area (Å²) in [5, 5.41) is 4.21. The van der Waals surface area contributed by atoms with E-state index in [9.17, 15) is 9.59 Å². The van der Waals surface area contributed by atoms with Crippen LogP contribution in [-0.2, 0) is 4.79 Å². The van der Waals surface area contributed by atoms with Crippen LogP contribution in [0.5, 0.6) is 0 Å². The van der Waals surface area contributed by atoms with E-state index in [4.69, 9.17) is 0 Å². The second-order valence-corrected chi connectivity index (χ2v) is 7.85. The highest BCUT2D eigenvalue weighted by Gasteiger charge is 2.28. The number of fused-ring (bicyclic) bond motifs is 1. The lowest BCUT2D eigenvalue weighted by Gasteiger charge is -2.20. The standard InChI is InChI=1S/C17H21N3O2S/c1-17(2,3)19-14(21)10-23-16-18-13-7-5-4-6-12(13)15(22)20(16)11-8-9-11/h4-7,11H,8-10H2,1-3H3,(H,19,21). The van der Waals surface area contributed by atoms with Crippen LogP contribution in [0.15, 0.2) is 34.2 Å². The third-order valence-electron chi connectivity index (χ3n) is 3.53. The number of carbonyl (C=O) groups is 1. The lowest BCUT2D eigenvalue weighted by molar-refractivity contribution is -0.119. The zero-order valence-electron chi connectivity index (χ0n) is 13.6. The number of hydrogen-bond donors (Lipinski definition) is 1. The Morgan fingerprint density at radius 1 is 1.35 bits per heavy atom. The summed E-state index contributed by atoms with van der Waals surface area (Å²) in [6.45, 7) is 5.85. The van der Waals surface area contributed by atoms with Gasteiger partial charge in [0.15, 0.2) is 5.16 Å². The number of carbonyl (C=O) groups excluding carboxylic acids is 1. The average Bonchev–Trinajstić information content (AvgIpc) is 3.28. The Kier molecular flexibility index (Phi) is 4.19. The highest BCUT2D eigenvalue weighted by Crippen LogP contribution is 2.36. The minimum absolute atomic E-state index is 0.00294. The number of thioether (sulfide) groups is 1. The first kappa shape index (κ1) is 16.1. The molecule has 1 N–H and O–H groups in total. The van der Waals surface area contributed by atoms with Gasteiger partial charge in [0, 0.05) is 11.6 Å². The minimum atomic E-state index is -0.259. The molecule has 3 rings (SSSR count). The van der Waals surface area contributed by atoms with Crippen molar-refractivity contribution in [1.29, 1.82) is 0 Å². The van der Waals surface area contributed by atoms with E-state index in [1.54, 1.807) is 4.57 Å². The Labute approximate surface area is 139 Å². The molecule has 6 heteroatoms. The van der Waals surface area contributed by atoms with Gasteiger partial charge in [0.25, 0.3) is 5.56 Å². The van der Waals surface area contributed by atoms with Crippen LogP contribution < -0.4 is 10.9 Å². The second-order valence-electron chi connectivity index (χ2n) is 6.90. The number of amides is 1. The van der Waals surface area contributed by atoms with E-state index in [0.29, 0.717) is 16.1 Å². The lowest BCUT2D eigenvalue weighted by atomic mass is 10.1. The van der Waals surface area contributed by atoms with Crippen molar-refractivity contribution < 1.29 is 4.79 Å². The number of para-hydroxylation sites is 1. The van der Waals surface area contributed by atoms with E-state index in [1.807, 2.05) is 45.0 Å². The van der Waals surface area contributed by atoms with Gasteiger partial charge in [0.2, 0.25) is 5.91 Å². The highest BCUT2D eigenvalue weighted by molar-refractivity contribution is 7.99. The molecule has 2 aromatic rings. The van der Waals surface area contributed by atoms with Crippen LogP contribution in [0.3, 0.4) is 0 Å². The van der Waals surface area contributed by atoms with Gasteiger partial charge in [-0.25, -0.2) is 4.98 Å². The number of nitrogens with zero attached hydrogens (tertiary/aromatic N) is 2. The predicted octanol–water partition coefficient (Wildman–Crippen LogP) is 2.74. The van der Waals surface area contributed by atoms with Crippen LogP contribution in [0.4, 0.5) is 0 Å². The summed E-state index contributed by atoms with van der Waals surface area (Å²) in [5.41, 5.74) is 0.426. The summed E-state index contributed by atoms with van der Waals surface area (Å²) in [4.78, 5) is 29.4. The van der Waals surface area contributed by atoms with Gasteiger partial charge >= 0.3 is 0 Å². The lowest BCUT2D eigenvalue weighted by Crippen LogP contribution is -2.41. The maximum atomic E-state index is 12.7. The summed E-state index contributed by atoms with van der Waals surface area (Å²) in [6.07, 6.45) is 2.00. The minimum Gasteiger partial charge on any atom is -0.351 e. The zero-order chi connectivity index (χ0) is 16.6. The molecule has 1 heterocycles. The molecule has 1 aromatic carbocycles. The maximum absolute atomic E-state index is 12.7. The summed E-state index contributed by atoms with van der Waals surface area (Å²) in [6, 6.07) is 7.61. The number of rotatable bonds is 4. The fraction of sp³-hybridized carbons (Fsp3) is 0.471. The van der Waals surface area contributed by atoms with Crippen molar-refractivity contribution in [3.05, 3.63) is 34.6 Å². The van der Waals surface area contributed by atoms with Crippen molar-refractivity contribution in [3.8, 4) is 0 Å². The molecule has 0 aliphatic heterocycles. The Morgan fingerprint density at radius 2 is 2.04 bits per heavy atom. The first-order chi connectivity index (χ1) is 10.8. The van der Waals surface area contributed by atoms with Crippen LogP contribution in [0.1, 0.15) is 39.7 Å². The summed E-state index contributed by atoms with van der Waals surface area (Å²) < 4.78 is 1.76. The van der Waals surface area contributed by atoms with Crippen LogP contribution in [0.25, 0.3) is 10.9 Å². The first-order valence-electron chi connectivity index (χ1n) is 7.80. The summed E-state index contributed by atoms with van der Waals surface area (Å²) in [5.74, 6) is 0.210. The highest BCUT2D eigenvalue weighted by atomic mass is 32.2. The Balaban J connectivity index is 1.89. The first-order valence-corrected chi connectivity index (χ1v) is 8.79. The summed E-state index contributed by atoms with van der Waals surface area (Å²) in [7, 11) is 0. The largest absolute Gasteiger partial charge is 0.351 e. The van der Waals surface area contributed by atoms with Crippen molar-refractivity contribution in [3.63, 3.8) is 0 Å². The Morgan fingerprint density at radius 3 is 2.70 bits per heavy atom. The van der Waals surface area contributed by atoms with Crippen molar-refractivity contribution in [2.45, 2.75) is 50.4 Å². The molecule has 23 heavy (non-hydrogen) atoms. The van der Waals surface area contributed by atoms with Crippen LogP contribution in [0, 0.1) is 0 Å². The SMILES string of the molecule is CC(C)(C)NC(=O)CSc1nc2ccccc2c(=O)n1C1CC1. The molecular weight excluding hydrogens is 310 g/mol. The van der Waals surface area contributed by atoms with E-state index >= 15 is 0 Å². The average molecular weight is 331 g/mol. The molecule has 0 saturated heterocycles. The molecule has 1 amide bonds. The van der Waals surface area contributed by atoms with Gasteiger partial charge in [0.05, 0.1) is 16.7 Å². The van der Waals surface area contributed by atoms with Gasteiger partial charge in [-0.1, -0.05) is 23.9 Å². The summed E-state index contributed by atoms with van der Waals surface area (Å²) >= 11 is 1.33. The van der Waals surface area contributed by atoms with Crippen molar-refractivity contribution >= 4 is 28.6 Å². The number of hydrogen-bond acceptors (Lipinski definition) is 4. The molecule has 1 saturated carbocycles. The van der Waals surface area contributed by atoms with E-state index in [2.05, 4.69) is 10.3 Å². The molecule has 0 unspecified atom stereocenters. The monoisotopic (exact) mass is 331 g/mol. The molecule has 0 bridgehead atoms. The van der Waals surface area contributed by atoms with Crippen LogP contribution in [0.2, 0.25) is 0 Å². The smallest absolute Gasteiger partial charge is 0.262 e. The van der Waals surface area contributed by atoms with E-state index < -0.39 is 0 Å². The van der Waals surface area contributed by atoms with Gasteiger partial charge in [-0.3, -0.25) is 14.2 Å². The predicted molar refractivity (Wildman–Crippen MR) is 92.9 cm³/mol. The molecule has 1 aromatic heterocycles. The number of aromatic nitrogens is 2. The molecule has 0 radical (unpaired) electrons. The van der Waals surface area contributed by atoms with Gasteiger partial charge in [0.1, 0.15) is 0 Å².